The first-order valence-corrected chi connectivity index (χ1v) is 11.7. The molecule has 4 rings (SSSR count). The summed E-state index contributed by atoms with van der Waals surface area (Å²) in [6.45, 7) is 7.33. The van der Waals surface area contributed by atoms with Crippen molar-refractivity contribution in [1.82, 2.24) is 0 Å². The minimum absolute atomic E-state index is 0.0950. The van der Waals surface area contributed by atoms with Crippen molar-refractivity contribution in [2.75, 3.05) is 0 Å². The number of aliphatic carboxylic acids is 1. The fraction of sp³-hybridized carbons (Fsp3) is 0.958. The molecule has 4 saturated carbocycles. The van der Waals surface area contributed by atoms with Crippen molar-refractivity contribution >= 4 is 5.97 Å². The van der Waals surface area contributed by atoms with Gasteiger partial charge in [0.25, 0.3) is 0 Å². The van der Waals surface area contributed by atoms with Crippen LogP contribution >= 0.6 is 0 Å². The number of carbonyl (C=O) groups is 1. The van der Waals surface area contributed by atoms with E-state index in [2.05, 4.69) is 20.8 Å². The second kappa shape index (κ2) is 7.04. The second-order valence-corrected chi connectivity index (χ2v) is 11.2. The van der Waals surface area contributed by atoms with E-state index in [4.69, 9.17) is 5.11 Å². The van der Waals surface area contributed by atoms with E-state index in [0.29, 0.717) is 40.9 Å². The minimum atomic E-state index is -0.656. The molecular weight excluding hydrogens is 336 g/mol. The molecule has 2 N–H and O–H groups in total. The number of hydrogen-bond donors (Lipinski definition) is 2. The summed E-state index contributed by atoms with van der Waals surface area (Å²) < 4.78 is 0. The van der Waals surface area contributed by atoms with E-state index < -0.39 is 5.97 Å². The first-order valence-electron chi connectivity index (χ1n) is 11.7. The second-order valence-electron chi connectivity index (χ2n) is 11.2. The summed E-state index contributed by atoms with van der Waals surface area (Å²) in [5.74, 6) is 3.27. The maximum Gasteiger partial charge on any atom is 0.303 e. The number of rotatable bonds is 4. The van der Waals surface area contributed by atoms with Gasteiger partial charge in [0.05, 0.1) is 6.10 Å². The highest BCUT2D eigenvalue weighted by atomic mass is 16.4. The average molecular weight is 377 g/mol. The van der Waals surface area contributed by atoms with E-state index in [1.54, 1.807) is 0 Å². The molecule has 4 fully saturated rings. The van der Waals surface area contributed by atoms with Crippen LogP contribution in [-0.2, 0) is 4.79 Å². The van der Waals surface area contributed by atoms with Crippen molar-refractivity contribution in [3.05, 3.63) is 0 Å². The molecule has 4 aliphatic carbocycles. The molecule has 3 nitrogen and oxygen atoms in total. The molecule has 154 valence electrons. The Kier molecular flexibility index (Phi) is 5.15. The number of fused-ring (bicyclic) bond motifs is 5. The zero-order valence-corrected chi connectivity index (χ0v) is 17.6. The molecule has 3 heteroatoms. The zero-order valence-electron chi connectivity index (χ0n) is 17.6. The van der Waals surface area contributed by atoms with E-state index >= 15 is 0 Å². The first kappa shape index (κ1) is 19.7. The van der Waals surface area contributed by atoms with Crippen molar-refractivity contribution in [2.24, 2.45) is 46.3 Å². The van der Waals surface area contributed by atoms with Crippen LogP contribution in [0.5, 0.6) is 0 Å². The summed E-state index contributed by atoms with van der Waals surface area (Å²) in [6.07, 6.45) is 12.5. The summed E-state index contributed by atoms with van der Waals surface area (Å²) in [5, 5.41) is 20.2. The Bertz CT molecular complexity index is 574. The van der Waals surface area contributed by atoms with Crippen molar-refractivity contribution in [3.8, 4) is 0 Å². The van der Waals surface area contributed by atoms with Gasteiger partial charge in [-0.3, -0.25) is 4.79 Å². The van der Waals surface area contributed by atoms with Crippen molar-refractivity contribution < 1.29 is 15.0 Å². The smallest absolute Gasteiger partial charge is 0.303 e. The predicted octanol–water partition coefficient (Wildman–Crippen LogP) is 5.51. The molecule has 0 heterocycles. The fourth-order valence-electron chi connectivity index (χ4n) is 8.88. The summed E-state index contributed by atoms with van der Waals surface area (Å²) in [7, 11) is 0. The standard InChI is InChI=1S/C24H40O3/c1-15(7-10-22(26)27)17-8-9-18-16-14-21(25)20-6-4-5-12-23(20,2)19(16)11-13-24(17,18)3/h15-21,25H,4-14H2,1-3H3,(H,26,27). The number of hydrogen-bond acceptors (Lipinski definition) is 2. The molecule has 9 unspecified atom stereocenters. The molecule has 0 spiro atoms. The van der Waals surface area contributed by atoms with Gasteiger partial charge in [0, 0.05) is 6.42 Å². The molecule has 0 radical (unpaired) electrons. The minimum Gasteiger partial charge on any atom is -0.481 e. The fourth-order valence-corrected chi connectivity index (χ4v) is 8.88. The Labute approximate surface area is 165 Å². The van der Waals surface area contributed by atoms with Crippen molar-refractivity contribution in [2.45, 2.75) is 97.5 Å². The highest BCUT2D eigenvalue weighted by Gasteiger charge is 2.61. The Balaban J connectivity index is 1.55. The Morgan fingerprint density at radius 2 is 1.74 bits per heavy atom. The van der Waals surface area contributed by atoms with Crippen LogP contribution in [0.15, 0.2) is 0 Å². The third kappa shape index (κ3) is 3.07. The molecule has 0 aromatic rings. The highest BCUT2D eigenvalue weighted by Crippen LogP contribution is 2.68. The van der Waals surface area contributed by atoms with E-state index in [0.717, 1.165) is 24.7 Å². The van der Waals surface area contributed by atoms with Crippen LogP contribution in [-0.4, -0.2) is 22.3 Å². The van der Waals surface area contributed by atoms with Crippen LogP contribution in [0.1, 0.15) is 91.4 Å². The third-order valence-electron chi connectivity index (χ3n) is 10.2. The lowest BCUT2D eigenvalue weighted by Crippen LogP contribution is -2.57. The van der Waals surface area contributed by atoms with Gasteiger partial charge in [0.1, 0.15) is 0 Å². The molecule has 0 saturated heterocycles. The number of carboxylic acids is 1. The van der Waals surface area contributed by atoms with Crippen LogP contribution in [0.2, 0.25) is 0 Å². The summed E-state index contributed by atoms with van der Waals surface area (Å²) in [4.78, 5) is 11.0. The van der Waals surface area contributed by atoms with Gasteiger partial charge in [0.15, 0.2) is 0 Å². The lowest BCUT2D eigenvalue weighted by atomic mass is 9.44. The van der Waals surface area contributed by atoms with Crippen molar-refractivity contribution in [3.63, 3.8) is 0 Å². The molecule has 0 amide bonds. The van der Waals surface area contributed by atoms with Gasteiger partial charge in [0.2, 0.25) is 0 Å². The van der Waals surface area contributed by atoms with E-state index in [1.807, 2.05) is 0 Å². The van der Waals surface area contributed by atoms with E-state index in [9.17, 15) is 9.90 Å². The molecule has 0 bridgehead atoms. The molecular formula is C24H40O3. The number of aliphatic hydroxyl groups excluding tert-OH is 1. The van der Waals surface area contributed by atoms with Crippen LogP contribution in [0.25, 0.3) is 0 Å². The molecule has 27 heavy (non-hydrogen) atoms. The molecule has 9 atom stereocenters. The zero-order chi connectivity index (χ0) is 19.4. The predicted molar refractivity (Wildman–Crippen MR) is 107 cm³/mol. The number of carboxylic acid groups (broad SMARTS) is 1. The van der Waals surface area contributed by atoms with Crippen LogP contribution in [0.3, 0.4) is 0 Å². The topological polar surface area (TPSA) is 57.5 Å². The van der Waals surface area contributed by atoms with Crippen LogP contribution in [0, 0.1) is 46.3 Å². The summed E-state index contributed by atoms with van der Waals surface area (Å²) in [6, 6.07) is 0. The van der Waals surface area contributed by atoms with Crippen LogP contribution in [0.4, 0.5) is 0 Å². The molecule has 0 aromatic heterocycles. The van der Waals surface area contributed by atoms with Gasteiger partial charge in [-0.1, -0.05) is 33.6 Å². The molecule has 0 aromatic carbocycles. The van der Waals surface area contributed by atoms with Gasteiger partial charge >= 0.3 is 5.97 Å². The van der Waals surface area contributed by atoms with Gasteiger partial charge < -0.3 is 10.2 Å². The molecule has 0 aliphatic heterocycles. The highest BCUT2D eigenvalue weighted by molar-refractivity contribution is 5.66. The maximum absolute atomic E-state index is 11.1. The Morgan fingerprint density at radius 1 is 1.00 bits per heavy atom. The van der Waals surface area contributed by atoms with Gasteiger partial charge in [-0.05, 0) is 97.7 Å². The van der Waals surface area contributed by atoms with Gasteiger partial charge in [-0.25, -0.2) is 0 Å². The normalized spacial score (nSPS) is 50.4. The molecule has 4 aliphatic rings. The monoisotopic (exact) mass is 376 g/mol. The maximum atomic E-state index is 11.1. The SMILES string of the molecule is CC(CCC(=O)O)C1CCC2C3CC(O)C4CCCCC4(C)C3CCC12C. The van der Waals surface area contributed by atoms with Gasteiger partial charge in [-0.15, -0.1) is 0 Å². The number of aliphatic hydroxyl groups is 1. The van der Waals surface area contributed by atoms with E-state index in [1.165, 1.54) is 51.4 Å². The lowest BCUT2D eigenvalue weighted by Gasteiger charge is -2.62. The largest absolute Gasteiger partial charge is 0.481 e. The third-order valence-corrected chi connectivity index (χ3v) is 10.2. The van der Waals surface area contributed by atoms with Gasteiger partial charge in [-0.2, -0.15) is 0 Å². The summed E-state index contributed by atoms with van der Waals surface area (Å²) >= 11 is 0. The van der Waals surface area contributed by atoms with E-state index in [-0.39, 0.29) is 6.10 Å². The first-order chi connectivity index (χ1) is 12.8. The quantitative estimate of drug-likeness (QED) is 0.680. The average Bonchev–Trinajstić information content (AvgIpc) is 2.97. The Morgan fingerprint density at radius 3 is 2.48 bits per heavy atom. The van der Waals surface area contributed by atoms with Crippen molar-refractivity contribution in [1.29, 1.82) is 0 Å². The summed E-state index contributed by atoms with van der Waals surface area (Å²) in [5.41, 5.74) is 0.714. The van der Waals surface area contributed by atoms with Crippen LogP contribution < -0.4 is 0 Å². The Hall–Kier alpha value is -0.570. The lowest BCUT2D eigenvalue weighted by molar-refractivity contribution is -0.159.